The largest absolute Gasteiger partial charge is 0.398 e. The first-order chi connectivity index (χ1) is 8.60. The lowest BCUT2D eigenvalue weighted by Crippen LogP contribution is -2.34. The first-order valence-electron chi connectivity index (χ1n) is 6.05. The third kappa shape index (κ3) is 3.70. The fourth-order valence-electron chi connectivity index (χ4n) is 1.68. The van der Waals surface area contributed by atoms with Gasteiger partial charge in [-0.05, 0) is 24.6 Å². The molecule has 0 radical (unpaired) electrons. The van der Waals surface area contributed by atoms with Crippen LogP contribution in [0.3, 0.4) is 0 Å². The van der Waals surface area contributed by atoms with Crippen molar-refractivity contribution in [1.29, 1.82) is 0 Å². The molecular formula is C13H19FN2O2. The van der Waals surface area contributed by atoms with Crippen LogP contribution in [0.1, 0.15) is 30.1 Å². The third-order valence-corrected chi connectivity index (χ3v) is 2.68. The zero-order valence-corrected chi connectivity index (χ0v) is 10.5. The summed E-state index contributed by atoms with van der Waals surface area (Å²) in [6, 6.07) is 3.72. The van der Waals surface area contributed by atoms with Crippen LogP contribution in [0.2, 0.25) is 0 Å². The molecule has 3 N–H and O–H groups in total. The molecule has 18 heavy (non-hydrogen) atoms. The lowest BCUT2D eigenvalue weighted by Gasteiger charge is -2.22. The van der Waals surface area contributed by atoms with Crippen molar-refractivity contribution >= 4 is 11.6 Å². The Labute approximate surface area is 106 Å². The lowest BCUT2D eigenvalue weighted by molar-refractivity contribution is 0.0720. The SMILES string of the molecule is CCCCN(CCO)C(=O)c1ccc(F)cc1N. The van der Waals surface area contributed by atoms with Gasteiger partial charge in [0.15, 0.2) is 0 Å². The Morgan fingerprint density at radius 1 is 1.44 bits per heavy atom. The summed E-state index contributed by atoms with van der Waals surface area (Å²) in [6.07, 6.45) is 1.81. The van der Waals surface area contributed by atoms with Gasteiger partial charge < -0.3 is 15.7 Å². The smallest absolute Gasteiger partial charge is 0.256 e. The highest BCUT2D eigenvalue weighted by Crippen LogP contribution is 2.16. The van der Waals surface area contributed by atoms with Gasteiger partial charge in [0.25, 0.3) is 5.91 Å². The molecule has 0 fully saturated rings. The zero-order chi connectivity index (χ0) is 13.5. The summed E-state index contributed by atoms with van der Waals surface area (Å²) in [6.45, 7) is 2.74. The van der Waals surface area contributed by atoms with Gasteiger partial charge in [-0.3, -0.25) is 4.79 Å². The number of carbonyl (C=O) groups excluding carboxylic acids is 1. The minimum Gasteiger partial charge on any atom is -0.398 e. The Balaban J connectivity index is 2.87. The van der Waals surface area contributed by atoms with Gasteiger partial charge in [-0.15, -0.1) is 0 Å². The Kier molecular flexibility index (Phi) is 5.58. The molecule has 0 aromatic heterocycles. The topological polar surface area (TPSA) is 66.6 Å². The monoisotopic (exact) mass is 254 g/mol. The van der Waals surface area contributed by atoms with E-state index in [0.29, 0.717) is 6.54 Å². The highest BCUT2D eigenvalue weighted by atomic mass is 19.1. The molecule has 0 aliphatic heterocycles. The van der Waals surface area contributed by atoms with Crippen LogP contribution >= 0.6 is 0 Å². The molecule has 1 aromatic carbocycles. The summed E-state index contributed by atoms with van der Waals surface area (Å²) in [5, 5.41) is 8.96. The predicted octanol–water partition coefficient (Wildman–Crippen LogP) is 1.64. The van der Waals surface area contributed by atoms with Crippen molar-refractivity contribution in [3.8, 4) is 0 Å². The van der Waals surface area contributed by atoms with Crippen molar-refractivity contribution in [2.24, 2.45) is 0 Å². The molecule has 0 atom stereocenters. The molecular weight excluding hydrogens is 235 g/mol. The van der Waals surface area contributed by atoms with Gasteiger partial charge in [0.1, 0.15) is 5.82 Å². The van der Waals surface area contributed by atoms with E-state index in [2.05, 4.69) is 0 Å². The number of aliphatic hydroxyl groups is 1. The summed E-state index contributed by atoms with van der Waals surface area (Å²) < 4.78 is 12.9. The van der Waals surface area contributed by atoms with E-state index in [4.69, 9.17) is 10.8 Å². The second-order valence-corrected chi connectivity index (χ2v) is 4.10. The fraction of sp³-hybridized carbons (Fsp3) is 0.462. The molecule has 0 unspecified atom stereocenters. The molecule has 4 nitrogen and oxygen atoms in total. The van der Waals surface area contributed by atoms with Crippen molar-refractivity contribution in [2.45, 2.75) is 19.8 Å². The number of halogens is 1. The van der Waals surface area contributed by atoms with E-state index in [1.807, 2.05) is 6.92 Å². The molecule has 0 aliphatic carbocycles. The van der Waals surface area contributed by atoms with E-state index < -0.39 is 5.82 Å². The second-order valence-electron chi connectivity index (χ2n) is 4.10. The average molecular weight is 254 g/mol. The maximum absolute atomic E-state index is 12.9. The summed E-state index contributed by atoms with van der Waals surface area (Å²) in [4.78, 5) is 13.7. The van der Waals surface area contributed by atoms with Crippen LogP contribution in [0.15, 0.2) is 18.2 Å². The van der Waals surface area contributed by atoms with Crippen molar-refractivity contribution in [3.63, 3.8) is 0 Å². The molecule has 0 bridgehead atoms. The van der Waals surface area contributed by atoms with Gasteiger partial charge in [-0.25, -0.2) is 4.39 Å². The number of benzene rings is 1. The van der Waals surface area contributed by atoms with Gasteiger partial charge in [0.2, 0.25) is 0 Å². The van der Waals surface area contributed by atoms with Crippen LogP contribution in [0.4, 0.5) is 10.1 Å². The predicted molar refractivity (Wildman–Crippen MR) is 68.7 cm³/mol. The van der Waals surface area contributed by atoms with Crippen LogP contribution in [-0.2, 0) is 0 Å². The Morgan fingerprint density at radius 2 is 2.17 bits per heavy atom. The minimum absolute atomic E-state index is 0.101. The summed E-state index contributed by atoms with van der Waals surface area (Å²) in [7, 11) is 0. The number of nitrogen functional groups attached to an aromatic ring is 1. The highest BCUT2D eigenvalue weighted by molar-refractivity contribution is 5.99. The molecule has 0 aliphatic rings. The normalized spacial score (nSPS) is 10.4. The molecule has 0 saturated carbocycles. The minimum atomic E-state index is -0.466. The molecule has 1 rings (SSSR count). The molecule has 1 aromatic rings. The number of carbonyl (C=O) groups is 1. The first kappa shape index (κ1) is 14.4. The van der Waals surface area contributed by atoms with Gasteiger partial charge in [0, 0.05) is 18.8 Å². The summed E-state index contributed by atoms with van der Waals surface area (Å²) in [5.41, 5.74) is 6.04. The number of unbranched alkanes of at least 4 members (excludes halogenated alkanes) is 1. The second kappa shape index (κ2) is 6.96. The molecule has 5 heteroatoms. The Morgan fingerprint density at radius 3 is 2.72 bits per heavy atom. The van der Waals surface area contributed by atoms with Crippen LogP contribution in [-0.4, -0.2) is 35.6 Å². The van der Waals surface area contributed by atoms with E-state index >= 15 is 0 Å². The van der Waals surface area contributed by atoms with E-state index in [0.717, 1.165) is 18.9 Å². The van der Waals surface area contributed by atoms with Crippen LogP contribution in [0, 0.1) is 5.82 Å². The number of amides is 1. The van der Waals surface area contributed by atoms with Crippen molar-refractivity contribution < 1.29 is 14.3 Å². The maximum Gasteiger partial charge on any atom is 0.256 e. The van der Waals surface area contributed by atoms with E-state index in [1.165, 1.54) is 17.0 Å². The quantitative estimate of drug-likeness (QED) is 0.758. The fourth-order valence-corrected chi connectivity index (χ4v) is 1.68. The number of hydrogen-bond donors (Lipinski definition) is 2. The lowest BCUT2D eigenvalue weighted by atomic mass is 10.1. The molecule has 1 amide bonds. The zero-order valence-electron chi connectivity index (χ0n) is 10.5. The van der Waals surface area contributed by atoms with Crippen molar-refractivity contribution in [2.75, 3.05) is 25.4 Å². The maximum atomic E-state index is 12.9. The van der Waals surface area contributed by atoms with Crippen molar-refractivity contribution in [3.05, 3.63) is 29.6 Å². The first-order valence-corrected chi connectivity index (χ1v) is 6.05. The average Bonchev–Trinajstić information content (AvgIpc) is 2.33. The number of aliphatic hydroxyl groups excluding tert-OH is 1. The van der Waals surface area contributed by atoms with E-state index in [9.17, 15) is 9.18 Å². The third-order valence-electron chi connectivity index (χ3n) is 2.68. The van der Waals surface area contributed by atoms with Crippen LogP contribution in [0.25, 0.3) is 0 Å². The van der Waals surface area contributed by atoms with Crippen LogP contribution in [0.5, 0.6) is 0 Å². The molecule has 0 saturated heterocycles. The van der Waals surface area contributed by atoms with Crippen molar-refractivity contribution in [1.82, 2.24) is 4.90 Å². The number of anilines is 1. The number of hydrogen-bond acceptors (Lipinski definition) is 3. The number of nitrogens with zero attached hydrogens (tertiary/aromatic N) is 1. The molecule has 100 valence electrons. The Bertz CT molecular complexity index is 410. The summed E-state index contributed by atoms with van der Waals surface area (Å²) >= 11 is 0. The Hall–Kier alpha value is -1.62. The van der Waals surface area contributed by atoms with E-state index in [1.54, 1.807) is 0 Å². The van der Waals surface area contributed by atoms with Crippen LogP contribution < -0.4 is 5.73 Å². The number of rotatable bonds is 6. The van der Waals surface area contributed by atoms with Gasteiger partial charge >= 0.3 is 0 Å². The van der Waals surface area contributed by atoms with Gasteiger partial charge in [-0.2, -0.15) is 0 Å². The molecule has 0 spiro atoms. The van der Waals surface area contributed by atoms with Gasteiger partial charge in [-0.1, -0.05) is 13.3 Å². The standard InChI is InChI=1S/C13H19FN2O2/c1-2-3-6-16(7-8-17)13(18)11-5-4-10(14)9-12(11)15/h4-5,9,17H,2-3,6-8,15H2,1H3. The van der Waals surface area contributed by atoms with E-state index in [-0.39, 0.29) is 30.3 Å². The molecule has 0 heterocycles. The summed E-state index contributed by atoms with van der Waals surface area (Å²) in [5.74, 6) is -0.735. The highest BCUT2D eigenvalue weighted by Gasteiger charge is 2.17. The number of nitrogens with two attached hydrogens (primary N) is 1. The van der Waals surface area contributed by atoms with Gasteiger partial charge in [0.05, 0.1) is 12.2 Å².